The number of nitrogens with one attached hydrogen (secondary N) is 2. The molecule has 0 bridgehead atoms. The van der Waals surface area contributed by atoms with Crippen LogP contribution in [0.15, 0.2) is 52.3 Å². The maximum atomic E-state index is 12.9. The van der Waals surface area contributed by atoms with Gasteiger partial charge in [-0.05, 0) is 56.0 Å². The van der Waals surface area contributed by atoms with E-state index in [-0.39, 0.29) is 32.1 Å². The predicted octanol–water partition coefficient (Wildman–Crippen LogP) is 2.82. The van der Waals surface area contributed by atoms with Crippen molar-refractivity contribution in [2.75, 3.05) is 18.4 Å². The fourth-order valence-corrected chi connectivity index (χ4v) is 6.88. The number of nitrogens with zero attached hydrogens (tertiary/aromatic N) is 1. The third-order valence-corrected chi connectivity index (χ3v) is 9.16. The van der Waals surface area contributed by atoms with Crippen molar-refractivity contribution in [2.45, 2.75) is 41.5 Å². The molecule has 1 heterocycles. The number of hydrogen-bond acceptors (Lipinski definition) is 5. The highest BCUT2D eigenvalue weighted by molar-refractivity contribution is 7.89. The highest BCUT2D eigenvalue weighted by Crippen LogP contribution is 2.29. The molecule has 0 unspecified atom stereocenters. The number of para-hydroxylation sites is 1. The Kier molecular flexibility index (Phi) is 6.10. The second-order valence-corrected chi connectivity index (χ2v) is 11.6. The van der Waals surface area contributed by atoms with Crippen LogP contribution in [0.5, 0.6) is 0 Å². The van der Waals surface area contributed by atoms with Crippen LogP contribution in [0.2, 0.25) is 5.02 Å². The first-order valence-corrected chi connectivity index (χ1v) is 13.2. The molecule has 8 nitrogen and oxygen atoms in total. The first-order chi connectivity index (χ1) is 14.7. The molecule has 1 saturated carbocycles. The minimum Gasteiger partial charge on any atom is -0.321 e. The highest BCUT2D eigenvalue weighted by Gasteiger charge is 2.31. The van der Waals surface area contributed by atoms with Crippen LogP contribution in [0.1, 0.15) is 36.0 Å². The zero-order valence-corrected chi connectivity index (χ0v) is 18.9. The number of halogens is 1. The van der Waals surface area contributed by atoms with E-state index in [2.05, 4.69) is 10.0 Å². The standard InChI is InChI=1S/C20H22ClN3O5S2/c21-16-10-7-14(13-19(16)31(28,29)24-11-3-4-12-24)20(25)22-17-5-1-2-6-18(17)30(26,27)23-15-8-9-15/h1-2,5-7,10,13,15,23H,3-4,8-9,11-12H2,(H,22,25). The van der Waals surface area contributed by atoms with Crippen LogP contribution in [0.25, 0.3) is 0 Å². The van der Waals surface area contributed by atoms with Crippen molar-refractivity contribution in [1.29, 1.82) is 0 Å². The van der Waals surface area contributed by atoms with Gasteiger partial charge in [-0.25, -0.2) is 21.6 Å². The molecule has 2 aromatic carbocycles. The molecule has 0 atom stereocenters. The molecule has 166 valence electrons. The Balaban J connectivity index is 1.62. The van der Waals surface area contributed by atoms with Gasteiger partial charge in [-0.2, -0.15) is 4.31 Å². The van der Waals surface area contributed by atoms with E-state index >= 15 is 0 Å². The van der Waals surface area contributed by atoms with Gasteiger partial charge < -0.3 is 5.32 Å². The Morgan fingerprint density at radius 1 is 0.968 bits per heavy atom. The van der Waals surface area contributed by atoms with E-state index in [4.69, 9.17) is 11.6 Å². The summed E-state index contributed by atoms with van der Waals surface area (Å²) in [5, 5.41) is 2.61. The number of anilines is 1. The Morgan fingerprint density at radius 2 is 1.65 bits per heavy atom. The van der Waals surface area contributed by atoms with Crippen molar-refractivity contribution in [3.63, 3.8) is 0 Å². The first-order valence-electron chi connectivity index (χ1n) is 9.91. The lowest BCUT2D eigenvalue weighted by Crippen LogP contribution is -2.28. The van der Waals surface area contributed by atoms with Gasteiger partial charge in [0.25, 0.3) is 5.91 Å². The van der Waals surface area contributed by atoms with Gasteiger partial charge in [-0.3, -0.25) is 4.79 Å². The lowest BCUT2D eigenvalue weighted by Gasteiger charge is -2.17. The van der Waals surface area contributed by atoms with Crippen molar-refractivity contribution in [2.24, 2.45) is 0 Å². The van der Waals surface area contributed by atoms with Gasteiger partial charge in [0, 0.05) is 24.7 Å². The maximum Gasteiger partial charge on any atom is 0.255 e. The summed E-state index contributed by atoms with van der Waals surface area (Å²) in [6.07, 6.45) is 3.12. The molecule has 0 radical (unpaired) electrons. The molecule has 2 aliphatic rings. The normalized spacial score (nSPS) is 17.6. The quantitative estimate of drug-likeness (QED) is 0.628. The molecular weight excluding hydrogens is 462 g/mol. The Morgan fingerprint density at radius 3 is 2.32 bits per heavy atom. The fourth-order valence-electron chi connectivity index (χ4n) is 3.39. The Hall–Kier alpha value is -1.98. The number of carbonyl (C=O) groups excluding carboxylic acids is 1. The lowest BCUT2D eigenvalue weighted by atomic mass is 10.2. The summed E-state index contributed by atoms with van der Waals surface area (Å²) < 4.78 is 55.0. The number of carbonyl (C=O) groups is 1. The van der Waals surface area contributed by atoms with Gasteiger partial charge >= 0.3 is 0 Å². The Labute approximate surface area is 186 Å². The van der Waals surface area contributed by atoms with Crippen molar-refractivity contribution in [3.05, 3.63) is 53.1 Å². The summed E-state index contributed by atoms with van der Waals surface area (Å²) in [6.45, 7) is 0.822. The van der Waals surface area contributed by atoms with Crippen LogP contribution in [-0.4, -0.2) is 46.2 Å². The van der Waals surface area contributed by atoms with Crippen molar-refractivity contribution >= 4 is 43.2 Å². The predicted molar refractivity (Wildman–Crippen MR) is 117 cm³/mol. The maximum absolute atomic E-state index is 12.9. The average Bonchev–Trinajstić information content (AvgIpc) is 3.34. The van der Waals surface area contributed by atoms with Crippen LogP contribution < -0.4 is 10.0 Å². The number of rotatable bonds is 7. The minimum absolute atomic E-state index is 0.0278. The van der Waals surface area contributed by atoms with Crippen LogP contribution in [0.3, 0.4) is 0 Å². The van der Waals surface area contributed by atoms with E-state index in [0.29, 0.717) is 13.1 Å². The molecule has 4 rings (SSSR count). The third kappa shape index (κ3) is 4.78. The molecule has 1 aliphatic heterocycles. The van der Waals surface area contributed by atoms with E-state index in [1.807, 2.05) is 0 Å². The van der Waals surface area contributed by atoms with Gasteiger partial charge in [-0.15, -0.1) is 0 Å². The molecule has 0 spiro atoms. The van der Waals surface area contributed by atoms with Crippen molar-refractivity contribution in [3.8, 4) is 0 Å². The monoisotopic (exact) mass is 483 g/mol. The summed E-state index contributed by atoms with van der Waals surface area (Å²) in [4.78, 5) is 12.7. The minimum atomic E-state index is -3.82. The Bertz CT molecular complexity index is 1220. The second kappa shape index (κ2) is 8.51. The van der Waals surface area contributed by atoms with Crippen LogP contribution >= 0.6 is 11.6 Å². The third-order valence-electron chi connectivity index (χ3n) is 5.20. The van der Waals surface area contributed by atoms with Crippen LogP contribution in [-0.2, 0) is 20.0 Å². The summed E-state index contributed by atoms with van der Waals surface area (Å²) in [5.41, 5.74) is 0.170. The van der Waals surface area contributed by atoms with Gasteiger partial charge in [-0.1, -0.05) is 23.7 Å². The number of sulfonamides is 2. The van der Waals surface area contributed by atoms with E-state index in [0.717, 1.165) is 25.7 Å². The summed E-state index contributed by atoms with van der Waals surface area (Å²) in [5.74, 6) is -0.636. The van der Waals surface area contributed by atoms with Crippen LogP contribution in [0, 0.1) is 0 Å². The molecule has 1 amide bonds. The molecule has 1 saturated heterocycles. The van der Waals surface area contributed by atoms with E-state index in [1.54, 1.807) is 12.1 Å². The number of hydrogen-bond donors (Lipinski definition) is 2. The molecule has 2 fully saturated rings. The SMILES string of the molecule is O=C(Nc1ccccc1S(=O)(=O)NC1CC1)c1ccc(Cl)c(S(=O)(=O)N2CCCC2)c1. The second-order valence-electron chi connectivity index (χ2n) is 7.60. The molecule has 2 aromatic rings. The van der Waals surface area contributed by atoms with Gasteiger partial charge in [0.05, 0.1) is 10.7 Å². The molecule has 1 aliphatic carbocycles. The van der Waals surface area contributed by atoms with Crippen molar-refractivity contribution < 1.29 is 21.6 Å². The summed E-state index contributed by atoms with van der Waals surface area (Å²) in [6, 6.07) is 9.98. The van der Waals surface area contributed by atoms with Crippen molar-refractivity contribution in [1.82, 2.24) is 9.03 Å². The average molecular weight is 484 g/mol. The molecule has 11 heteroatoms. The summed E-state index contributed by atoms with van der Waals surface area (Å²) >= 11 is 6.14. The fraction of sp³-hybridized carbons (Fsp3) is 0.350. The number of benzene rings is 2. The molecule has 31 heavy (non-hydrogen) atoms. The first kappa shape index (κ1) is 22.2. The van der Waals surface area contributed by atoms with E-state index < -0.39 is 26.0 Å². The van der Waals surface area contributed by atoms with Gasteiger partial charge in [0.2, 0.25) is 20.0 Å². The summed E-state index contributed by atoms with van der Waals surface area (Å²) in [7, 11) is -7.61. The highest BCUT2D eigenvalue weighted by atomic mass is 35.5. The lowest BCUT2D eigenvalue weighted by molar-refractivity contribution is 0.102. The topological polar surface area (TPSA) is 113 Å². The van der Waals surface area contributed by atoms with Crippen LogP contribution in [0.4, 0.5) is 5.69 Å². The number of amides is 1. The van der Waals surface area contributed by atoms with Gasteiger partial charge in [0.15, 0.2) is 0 Å². The largest absolute Gasteiger partial charge is 0.321 e. The zero-order chi connectivity index (χ0) is 22.2. The van der Waals surface area contributed by atoms with E-state index in [1.165, 1.54) is 34.6 Å². The smallest absolute Gasteiger partial charge is 0.255 e. The van der Waals surface area contributed by atoms with Gasteiger partial charge in [0.1, 0.15) is 9.79 Å². The molecule has 2 N–H and O–H groups in total. The molecule has 0 aromatic heterocycles. The molecular formula is C20H22ClN3O5S2. The zero-order valence-electron chi connectivity index (χ0n) is 16.5. The van der Waals surface area contributed by atoms with E-state index in [9.17, 15) is 21.6 Å².